The summed E-state index contributed by atoms with van der Waals surface area (Å²) < 4.78 is 28.0. The first-order valence-corrected chi connectivity index (χ1v) is 41.5. The van der Waals surface area contributed by atoms with Gasteiger partial charge in [0, 0.05) is 30.5 Å². The topological polar surface area (TPSA) is 99.0 Å². The van der Waals surface area contributed by atoms with E-state index < -0.39 is 0 Å². The fourth-order valence-electron chi connectivity index (χ4n) is 18.1. The zero-order chi connectivity index (χ0) is 80.3. The summed E-state index contributed by atoms with van der Waals surface area (Å²) in [6.45, 7) is 6.45. The lowest BCUT2D eigenvalue weighted by Crippen LogP contribution is -2.07. The molecule has 3 aliphatic rings. The standard InChI is InChI=1S/C41H28N2O.C35H24N2O.C34H24N4O/c1-2-40-42-36-12-7-13-39-41(36)43(40)37-25-32(18-19-38(37)44-39)35-23-33(30-16-14-26-8-3-5-10-28(26)20-30)22-34(24-35)31-17-15-27-9-4-6-11-29(27)21-31;1-2-34-36-30-8-5-9-33-35(30)37(34)31-21-29(16-17-32(31)38-33)28-15-14-26-19-25(12-13-27(26)20-28)24-11-10-22-6-3-4-7-23(22)18-24;1-2-32-35-27-12-8-14-31-33(27)38(32)29-21-24(19-20-30(29)39-31)22-15-17-23(18-16-22)34-36-26-11-6-7-13-28(26)37(34)25-9-4-3-5-10-25/h3-25H,2H2,1H3;3-21H,2H2,1H3;3-21H,2H2,1H3. The molecule has 18 aromatic carbocycles. The van der Waals surface area contributed by atoms with Crippen LogP contribution in [0.5, 0.6) is 34.5 Å². The number of benzene rings is 18. The van der Waals surface area contributed by atoms with Crippen LogP contribution in [0.1, 0.15) is 38.2 Å². The summed E-state index contributed by atoms with van der Waals surface area (Å²) in [6, 6.07) is 131. The molecular formula is C110H76N8O3. The Morgan fingerprint density at radius 3 is 0.909 bits per heavy atom. The maximum atomic E-state index is 6.41. The number of ether oxygens (including phenoxy) is 3. The average Bonchev–Trinajstić information content (AvgIpc) is 1.61. The van der Waals surface area contributed by atoms with Crippen molar-refractivity contribution in [2.24, 2.45) is 0 Å². The summed E-state index contributed by atoms with van der Waals surface area (Å²) in [5, 5.41) is 9.96. The second-order valence-corrected chi connectivity index (χ2v) is 31.3. The van der Waals surface area contributed by atoms with Crippen molar-refractivity contribution in [2.45, 2.75) is 40.0 Å². The van der Waals surface area contributed by atoms with Crippen LogP contribution >= 0.6 is 0 Å². The molecule has 7 heterocycles. The van der Waals surface area contributed by atoms with Crippen LogP contribution in [0, 0.1) is 0 Å². The molecule has 4 aromatic heterocycles. The van der Waals surface area contributed by atoms with Crippen LogP contribution < -0.4 is 14.2 Å². The van der Waals surface area contributed by atoms with E-state index in [4.69, 9.17) is 34.1 Å². The molecule has 11 heteroatoms. The van der Waals surface area contributed by atoms with E-state index in [-0.39, 0.29) is 0 Å². The van der Waals surface area contributed by atoms with Crippen molar-refractivity contribution in [1.29, 1.82) is 0 Å². The maximum absolute atomic E-state index is 6.41. The van der Waals surface area contributed by atoms with Gasteiger partial charge in [-0.15, -0.1) is 0 Å². The van der Waals surface area contributed by atoms with Crippen molar-refractivity contribution in [3.8, 4) is 135 Å². The molecule has 0 unspecified atom stereocenters. The highest BCUT2D eigenvalue weighted by atomic mass is 16.5. The summed E-state index contributed by atoms with van der Waals surface area (Å²) in [7, 11) is 0. The number of aromatic nitrogens is 8. The monoisotopic (exact) mass is 1560 g/mol. The minimum Gasteiger partial charge on any atom is -0.453 e. The summed E-state index contributed by atoms with van der Waals surface area (Å²) in [5.74, 6) is 9.18. The SMILES string of the molecule is CCc1nc2cccc3c2n1-c1cc(-c2cc(-c4ccc5ccccc5c4)cc(-c4ccc5ccccc5c4)c2)ccc1O3.CCc1nc2cccc3c2n1-c1cc(-c2ccc(-c4nc5ccccc5n4-c4ccccc4)cc2)ccc1O3.CCc1nc2cccc3c2n1-c1cc(-c2ccc4cc(-c5ccc6ccccc6c5)ccc4c2)ccc1O3. The van der Waals surface area contributed by atoms with E-state index in [0.29, 0.717) is 0 Å². The zero-order valence-corrected chi connectivity index (χ0v) is 66.6. The highest BCUT2D eigenvalue weighted by Crippen LogP contribution is 2.48. The third-order valence-corrected chi connectivity index (χ3v) is 24.1. The highest BCUT2D eigenvalue weighted by Gasteiger charge is 2.29. The Morgan fingerprint density at radius 2 is 0.504 bits per heavy atom. The number of fused-ring (bicyclic) bond motifs is 11. The van der Waals surface area contributed by atoms with E-state index in [1.54, 1.807) is 0 Å². The average molecular weight is 1560 g/mol. The fourth-order valence-corrected chi connectivity index (χ4v) is 18.1. The highest BCUT2D eigenvalue weighted by molar-refractivity contribution is 5.98. The van der Waals surface area contributed by atoms with E-state index in [1.165, 1.54) is 82.0 Å². The van der Waals surface area contributed by atoms with E-state index in [0.717, 1.165) is 177 Å². The molecule has 0 amide bonds. The van der Waals surface area contributed by atoms with Gasteiger partial charge in [-0.1, -0.05) is 245 Å². The molecule has 0 bridgehead atoms. The molecule has 121 heavy (non-hydrogen) atoms. The van der Waals surface area contributed by atoms with Crippen molar-refractivity contribution < 1.29 is 14.2 Å². The fraction of sp³-hybridized carbons (Fsp3) is 0.0545. The first-order valence-electron chi connectivity index (χ1n) is 41.5. The molecule has 11 nitrogen and oxygen atoms in total. The maximum Gasteiger partial charge on any atom is 0.153 e. The number of hydrogen-bond acceptors (Lipinski definition) is 7. The second-order valence-electron chi connectivity index (χ2n) is 31.3. The molecule has 0 saturated carbocycles. The van der Waals surface area contributed by atoms with Crippen molar-refractivity contribution in [2.75, 3.05) is 0 Å². The number of imidazole rings is 4. The van der Waals surface area contributed by atoms with Gasteiger partial charge in [0.2, 0.25) is 0 Å². The summed E-state index contributed by atoms with van der Waals surface area (Å²) in [5.41, 5.74) is 27.5. The van der Waals surface area contributed by atoms with Gasteiger partial charge < -0.3 is 14.2 Å². The van der Waals surface area contributed by atoms with Crippen LogP contribution in [0.25, 0.3) is 188 Å². The van der Waals surface area contributed by atoms with Gasteiger partial charge in [0.1, 0.15) is 39.8 Å². The Labute approximate surface area is 698 Å². The Balaban J connectivity index is 0.000000106. The summed E-state index contributed by atoms with van der Waals surface area (Å²) >= 11 is 0. The molecule has 0 radical (unpaired) electrons. The molecule has 0 aliphatic carbocycles. The summed E-state index contributed by atoms with van der Waals surface area (Å²) in [4.78, 5) is 19.7. The number of nitrogens with zero attached hydrogens (tertiary/aromatic N) is 8. The quantitative estimate of drug-likeness (QED) is 0.127. The van der Waals surface area contributed by atoms with Crippen molar-refractivity contribution in [3.05, 3.63) is 388 Å². The smallest absolute Gasteiger partial charge is 0.153 e. The first-order chi connectivity index (χ1) is 59.7. The number of para-hydroxylation sites is 6. The summed E-state index contributed by atoms with van der Waals surface area (Å²) in [6.07, 6.45) is 2.53. The van der Waals surface area contributed by atoms with Crippen LogP contribution in [0.4, 0.5) is 0 Å². The lowest BCUT2D eigenvalue weighted by molar-refractivity contribution is 0.474. The molecule has 0 fully saturated rings. The van der Waals surface area contributed by atoms with Crippen molar-refractivity contribution in [3.63, 3.8) is 0 Å². The van der Waals surface area contributed by atoms with E-state index in [1.807, 2.05) is 54.6 Å². The van der Waals surface area contributed by atoms with Gasteiger partial charge in [-0.2, -0.15) is 0 Å². The predicted octanol–water partition coefficient (Wildman–Crippen LogP) is 28.7. The van der Waals surface area contributed by atoms with Gasteiger partial charge in [-0.05, 0) is 255 Å². The second kappa shape index (κ2) is 28.9. The van der Waals surface area contributed by atoms with Crippen molar-refractivity contribution >= 4 is 87.2 Å². The third-order valence-electron chi connectivity index (χ3n) is 24.1. The molecule has 0 spiro atoms. The van der Waals surface area contributed by atoms with Gasteiger partial charge in [-0.3, -0.25) is 18.3 Å². The predicted molar refractivity (Wildman–Crippen MR) is 494 cm³/mol. The normalized spacial score (nSPS) is 12.1. The van der Waals surface area contributed by atoms with Gasteiger partial charge >= 0.3 is 0 Å². The van der Waals surface area contributed by atoms with Crippen LogP contribution in [0.15, 0.2) is 370 Å². The minimum absolute atomic E-state index is 0.835. The molecule has 25 rings (SSSR count). The number of rotatable bonds is 11. The molecule has 3 aliphatic heterocycles. The minimum atomic E-state index is 0.835. The van der Waals surface area contributed by atoms with Crippen LogP contribution in [-0.4, -0.2) is 38.2 Å². The van der Waals surface area contributed by atoms with Crippen LogP contribution in [0.3, 0.4) is 0 Å². The number of hydrogen-bond donors (Lipinski definition) is 0. The lowest BCUT2D eigenvalue weighted by atomic mass is 9.91. The van der Waals surface area contributed by atoms with Gasteiger partial charge in [-0.25, -0.2) is 19.9 Å². The third kappa shape index (κ3) is 12.3. The van der Waals surface area contributed by atoms with Gasteiger partial charge in [0.25, 0.3) is 0 Å². The molecule has 0 saturated heterocycles. The first kappa shape index (κ1) is 70.7. The molecule has 574 valence electrons. The molecular weight excluding hydrogens is 1480 g/mol. The van der Waals surface area contributed by atoms with E-state index >= 15 is 0 Å². The Kier molecular flexibility index (Phi) is 16.9. The van der Waals surface area contributed by atoms with E-state index in [9.17, 15) is 0 Å². The Hall–Kier alpha value is -15.7. The van der Waals surface area contributed by atoms with E-state index in [2.05, 4.69) is 354 Å². The Bertz CT molecular complexity index is 7870. The zero-order valence-electron chi connectivity index (χ0n) is 66.6. The number of aryl methyl sites for hydroxylation is 3. The molecule has 22 aromatic rings. The van der Waals surface area contributed by atoms with Crippen LogP contribution in [-0.2, 0) is 19.3 Å². The van der Waals surface area contributed by atoms with Crippen molar-refractivity contribution in [1.82, 2.24) is 38.2 Å². The Morgan fingerprint density at radius 1 is 0.207 bits per heavy atom. The molecule has 0 atom stereocenters. The lowest BCUT2D eigenvalue weighted by Gasteiger charge is -2.22. The molecule has 0 N–H and O–H groups in total. The largest absolute Gasteiger partial charge is 0.453 e. The van der Waals surface area contributed by atoms with Gasteiger partial charge in [0.15, 0.2) is 34.5 Å². The van der Waals surface area contributed by atoms with Gasteiger partial charge in [0.05, 0.1) is 44.6 Å². The van der Waals surface area contributed by atoms with Crippen LogP contribution in [0.2, 0.25) is 0 Å².